The van der Waals surface area contributed by atoms with Crippen molar-refractivity contribution < 1.29 is 17.2 Å². The van der Waals surface area contributed by atoms with Gasteiger partial charge in [-0.25, -0.2) is 4.18 Å². The SMILES string of the molecule is CCCCCCCCCCCCCCCCC(CCCCCCCCCC)COS(=O)(=O)O. The Kier molecular flexibility index (Phi) is 24.9. The van der Waals surface area contributed by atoms with E-state index in [2.05, 4.69) is 13.8 Å². The molecular weight excluding hydrogens is 432 g/mol. The van der Waals surface area contributed by atoms with Crippen molar-refractivity contribution >= 4 is 10.4 Å². The third-order valence-corrected chi connectivity index (χ3v) is 7.32. The smallest absolute Gasteiger partial charge is 0.264 e. The molecule has 0 heterocycles. The third kappa shape index (κ3) is 28.0. The van der Waals surface area contributed by atoms with Crippen molar-refractivity contribution in [2.24, 2.45) is 5.92 Å². The average Bonchev–Trinajstić information content (AvgIpc) is 2.78. The van der Waals surface area contributed by atoms with Crippen molar-refractivity contribution in [1.29, 1.82) is 0 Å². The number of hydrogen-bond acceptors (Lipinski definition) is 3. The first-order valence-electron chi connectivity index (χ1n) is 14.6. The van der Waals surface area contributed by atoms with Crippen molar-refractivity contribution in [3.63, 3.8) is 0 Å². The minimum Gasteiger partial charge on any atom is -0.264 e. The van der Waals surface area contributed by atoms with Gasteiger partial charge in [0.2, 0.25) is 0 Å². The molecule has 4 nitrogen and oxygen atoms in total. The van der Waals surface area contributed by atoms with Crippen molar-refractivity contribution in [1.82, 2.24) is 0 Å². The minimum absolute atomic E-state index is 0.133. The van der Waals surface area contributed by atoms with Crippen LogP contribution in [0.4, 0.5) is 0 Å². The summed E-state index contributed by atoms with van der Waals surface area (Å²) in [6.45, 7) is 4.65. The van der Waals surface area contributed by atoms with Gasteiger partial charge in [0.15, 0.2) is 0 Å². The molecule has 0 saturated carbocycles. The molecule has 0 radical (unpaired) electrons. The summed E-state index contributed by atoms with van der Waals surface area (Å²) in [6.07, 6.45) is 31.1. The molecule has 0 bridgehead atoms. The van der Waals surface area contributed by atoms with Crippen molar-refractivity contribution in [3.8, 4) is 0 Å². The standard InChI is InChI=1S/C28H58O4S/c1-3-5-7-9-11-13-14-15-16-17-18-20-22-24-26-28(27-32-33(29,30)31)25-23-21-19-12-10-8-6-4-2/h28H,3-27H2,1-2H3,(H,29,30,31). The Morgan fingerprint density at radius 3 is 1.06 bits per heavy atom. The van der Waals surface area contributed by atoms with Gasteiger partial charge in [-0.05, 0) is 18.8 Å². The fourth-order valence-electron chi connectivity index (χ4n) is 4.69. The van der Waals surface area contributed by atoms with Crippen molar-refractivity contribution in [2.45, 2.75) is 168 Å². The van der Waals surface area contributed by atoms with Gasteiger partial charge in [0.1, 0.15) is 0 Å². The highest BCUT2D eigenvalue weighted by Gasteiger charge is 2.13. The zero-order chi connectivity index (χ0) is 24.5. The van der Waals surface area contributed by atoms with E-state index in [-0.39, 0.29) is 12.5 Å². The molecule has 0 rings (SSSR count). The largest absolute Gasteiger partial charge is 0.397 e. The monoisotopic (exact) mass is 490 g/mol. The fraction of sp³-hybridized carbons (Fsp3) is 1.00. The fourth-order valence-corrected chi connectivity index (χ4v) is 5.05. The van der Waals surface area contributed by atoms with Crippen molar-refractivity contribution in [2.75, 3.05) is 6.61 Å². The topological polar surface area (TPSA) is 63.6 Å². The number of hydrogen-bond donors (Lipinski definition) is 1. The van der Waals surface area contributed by atoms with Crippen LogP contribution in [0.3, 0.4) is 0 Å². The molecule has 0 saturated heterocycles. The highest BCUT2D eigenvalue weighted by molar-refractivity contribution is 7.80. The van der Waals surface area contributed by atoms with Gasteiger partial charge in [0.25, 0.3) is 0 Å². The molecule has 5 heteroatoms. The van der Waals surface area contributed by atoms with Gasteiger partial charge in [-0.15, -0.1) is 0 Å². The second-order valence-corrected chi connectivity index (χ2v) is 11.3. The van der Waals surface area contributed by atoms with E-state index in [0.29, 0.717) is 0 Å². The summed E-state index contributed by atoms with van der Waals surface area (Å²) in [6, 6.07) is 0. The lowest BCUT2D eigenvalue weighted by Gasteiger charge is -2.16. The molecule has 0 aromatic carbocycles. The summed E-state index contributed by atoms with van der Waals surface area (Å²) in [7, 11) is -4.33. The van der Waals surface area contributed by atoms with Crippen molar-refractivity contribution in [3.05, 3.63) is 0 Å². The quantitative estimate of drug-likeness (QED) is 0.0919. The first-order valence-corrected chi connectivity index (χ1v) is 16.0. The van der Waals surface area contributed by atoms with Gasteiger partial charge >= 0.3 is 10.4 Å². The molecular formula is C28H58O4S. The molecule has 0 aliphatic heterocycles. The van der Waals surface area contributed by atoms with Crippen LogP contribution in [0.2, 0.25) is 0 Å². The van der Waals surface area contributed by atoms with Gasteiger partial charge in [-0.1, -0.05) is 155 Å². The highest BCUT2D eigenvalue weighted by atomic mass is 32.3. The molecule has 1 unspecified atom stereocenters. The van der Waals surface area contributed by atoms with Crippen LogP contribution < -0.4 is 0 Å². The predicted molar refractivity (Wildman–Crippen MR) is 143 cm³/mol. The van der Waals surface area contributed by atoms with Gasteiger partial charge in [0, 0.05) is 0 Å². The maximum Gasteiger partial charge on any atom is 0.397 e. The first-order chi connectivity index (χ1) is 16.0. The molecule has 33 heavy (non-hydrogen) atoms. The van der Waals surface area contributed by atoms with Crippen LogP contribution in [-0.4, -0.2) is 19.6 Å². The van der Waals surface area contributed by atoms with Gasteiger partial charge in [-0.2, -0.15) is 8.42 Å². The Morgan fingerprint density at radius 1 is 0.515 bits per heavy atom. The summed E-state index contributed by atoms with van der Waals surface area (Å²) >= 11 is 0. The van der Waals surface area contributed by atoms with E-state index in [4.69, 9.17) is 8.74 Å². The second kappa shape index (κ2) is 25.0. The summed E-state index contributed by atoms with van der Waals surface area (Å²) in [5, 5.41) is 0. The zero-order valence-corrected chi connectivity index (χ0v) is 23.2. The molecule has 1 atom stereocenters. The van der Waals surface area contributed by atoms with E-state index >= 15 is 0 Å². The molecule has 1 N–H and O–H groups in total. The van der Waals surface area contributed by atoms with Crippen LogP contribution in [0.25, 0.3) is 0 Å². The summed E-state index contributed by atoms with van der Waals surface area (Å²) in [5.74, 6) is 0.240. The van der Waals surface area contributed by atoms with E-state index in [9.17, 15) is 8.42 Å². The minimum atomic E-state index is -4.33. The third-order valence-electron chi connectivity index (χ3n) is 6.88. The van der Waals surface area contributed by atoms with E-state index in [1.54, 1.807) is 0 Å². The molecule has 0 aliphatic carbocycles. The van der Waals surface area contributed by atoms with Crippen LogP contribution in [0.5, 0.6) is 0 Å². The summed E-state index contributed by atoms with van der Waals surface area (Å²) in [5.41, 5.74) is 0. The second-order valence-electron chi connectivity index (χ2n) is 10.2. The molecule has 0 aliphatic rings. The van der Waals surface area contributed by atoms with E-state index in [1.165, 1.54) is 128 Å². The number of rotatable bonds is 27. The maximum atomic E-state index is 11.0. The van der Waals surface area contributed by atoms with Crippen LogP contribution >= 0.6 is 0 Å². The van der Waals surface area contributed by atoms with Gasteiger partial charge < -0.3 is 0 Å². The van der Waals surface area contributed by atoms with Gasteiger partial charge in [-0.3, -0.25) is 4.55 Å². The lowest BCUT2D eigenvalue weighted by atomic mass is 9.94. The summed E-state index contributed by atoms with van der Waals surface area (Å²) in [4.78, 5) is 0. The van der Waals surface area contributed by atoms with E-state index < -0.39 is 10.4 Å². The molecule has 0 amide bonds. The Hall–Kier alpha value is -0.130. The van der Waals surface area contributed by atoms with Crippen LogP contribution in [-0.2, 0) is 14.6 Å². The number of unbranched alkanes of at least 4 members (excludes halogenated alkanes) is 20. The lowest BCUT2D eigenvalue weighted by Crippen LogP contribution is -2.14. The van der Waals surface area contributed by atoms with Crippen LogP contribution in [0.1, 0.15) is 168 Å². The van der Waals surface area contributed by atoms with Crippen LogP contribution in [0.15, 0.2) is 0 Å². The molecule has 0 aromatic rings. The maximum absolute atomic E-state index is 11.0. The zero-order valence-electron chi connectivity index (χ0n) is 22.3. The Morgan fingerprint density at radius 2 is 0.788 bits per heavy atom. The average molecular weight is 491 g/mol. The Labute approximate surface area is 208 Å². The highest BCUT2D eigenvalue weighted by Crippen LogP contribution is 2.21. The Balaban J connectivity index is 3.70. The van der Waals surface area contributed by atoms with Gasteiger partial charge in [0.05, 0.1) is 6.61 Å². The normalized spacial score (nSPS) is 12.9. The molecule has 0 aromatic heterocycles. The first kappa shape index (κ1) is 32.9. The Bertz CT molecular complexity index is 478. The van der Waals surface area contributed by atoms with E-state index in [1.807, 2.05) is 0 Å². The molecule has 200 valence electrons. The van der Waals surface area contributed by atoms with Crippen LogP contribution in [0, 0.1) is 5.92 Å². The lowest BCUT2D eigenvalue weighted by molar-refractivity contribution is 0.204. The predicted octanol–water partition coefficient (Wildman–Crippen LogP) is 9.82. The summed E-state index contributed by atoms with van der Waals surface area (Å²) < 4.78 is 35.6. The molecule has 0 spiro atoms. The molecule has 0 fully saturated rings. The van der Waals surface area contributed by atoms with E-state index in [0.717, 1.165) is 25.7 Å².